The highest BCUT2D eigenvalue weighted by atomic mass is 32.1. The molecule has 150 valence electrons. The highest BCUT2D eigenvalue weighted by Gasteiger charge is 2.20. The van der Waals surface area contributed by atoms with Gasteiger partial charge in [-0.15, -0.1) is 0 Å². The Morgan fingerprint density at radius 3 is 2.79 bits per heavy atom. The first-order valence-electron chi connectivity index (χ1n) is 9.85. The molecule has 2 amide bonds. The van der Waals surface area contributed by atoms with Crippen molar-refractivity contribution < 1.29 is 9.59 Å². The van der Waals surface area contributed by atoms with Gasteiger partial charge >= 0.3 is 0 Å². The summed E-state index contributed by atoms with van der Waals surface area (Å²) in [5, 5.41) is 6.38. The minimum Gasteiger partial charge on any atom is -0.370 e. The number of nitrogens with one attached hydrogen (secondary N) is 2. The van der Waals surface area contributed by atoms with Crippen LogP contribution in [0.4, 0.5) is 16.5 Å². The van der Waals surface area contributed by atoms with Crippen molar-refractivity contribution in [2.45, 2.75) is 32.6 Å². The average Bonchev–Trinajstić information content (AvgIpc) is 3.37. The fourth-order valence-corrected chi connectivity index (χ4v) is 4.37. The van der Waals surface area contributed by atoms with E-state index in [0.29, 0.717) is 22.8 Å². The monoisotopic (exact) mass is 409 g/mol. The maximum atomic E-state index is 12.9. The predicted molar refractivity (Wildman–Crippen MR) is 117 cm³/mol. The van der Waals surface area contributed by atoms with Crippen molar-refractivity contribution in [1.82, 2.24) is 9.97 Å². The van der Waals surface area contributed by atoms with Crippen molar-refractivity contribution in [2.24, 2.45) is 0 Å². The lowest BCUT2D eigenvalue weighted by Crippen LogP contribution is -2.23. The SMILES string of the molecule is CCCC(=O)Nc1nc2ccc(NC(=O)c3ccncc3N3CCCC3)cc2s1. The first kappa shape index (κ1) is 19.3. The number of carbonyl (C=O) groups excluding carboxylic acids is 2. The summed E-state index contributed by atoms with van der Waals surface area (Å²) < 4.78 is 0.907. The van der Waals surface area contributed by atoms with Crippen molar-refractivity contribution in [2.75, 3.05) is 28.6 Å². The second-order valence-corrected chi connectivity index (χ2v) is 8.07. The summed E-state index contributed by atoms with van der Waals surface area (Å²) in [7, 11) is 0. The summed E-state index contributed by atoms with van der Waals surface area (Å²) in [6.07, 6.45) is 6.94. The van der Waals surface area contributed by atoms with Crippen LogP contribution < -0.4 is 15.5 Å². The molecular formula is C21H23N5O2S. The first-order valence-corrected chi connectivity index (χ1v) is 10.7. The van der Waals surface area contributed by atoms with E-state index in [1.807, 2.05) is 25.1 Å². The molecule has 2 N–H and O–H groups in total. The van der Waals surface area contributed by atoms with E-state index in [1.165, 1.54) is 11.3 Å². The van der Waals surface area contributed by atoms with Gasteiger partial charge in [-0.2, -0.15) is 0 Å². The van der Waals surface area contributed by atoms with Crippen LogP contribution in [0.3, 0.4) is 0 Å². The molecule has 0 radical (unpaired) electrons. The quantitative estimate of drug-likeness (QED) is 0.634. The van der Waals surface area contributed by atoms with Gasteiger partial charge in [0.25, 0.3) is 5.91 Å². The molecule has 1 aliphatic heterocycles. The van der Waals surface area contributed by atoms with E-state index < -0.39 is 0 Å². The van der Waals surface area contributed by atoms with Crippen molar-refractivity contribution in [3.8, 4) is 0 Å². The molecule has 4 rings (SSSR count). The van der Waals surface area contributed by atoms with Gasteiger partial charge in [0.05, 0.1) is 27.7 Å². The zero-order chi connectivity index (χ0) is 20.2. The van der Waals surface area contributed by atoms with E-state index in [2.05, 4.69) is 25.5 Å². The summed E-state index contributed by atoms with van der Waals surface area (Å²) in [6.45, 7) is 3.86. The number of pyridine rings is 1. The molecule has 1 aromatic carbocycles. The van der Waals surface area contributed by atoms with Crippen LogP contribution >= 0.6 is 11.3 Å². The molecule has 0 saturated carbocycles. The number of anilines is 3. The number of nitrogens with zero attached hydrogens (tertiary/aromatic N) is 3. The second-order valence-electron chi connectivity index (χ2n) is 7.04. The van der Waals surface area contributed by atoms with E-state index in [1.54, 1.807) is 18.5 Å². The van der Waals surface area contributed by atoms with Crippen LogP contribution in [0.15, 0.2) is 36.7 Å². The minimum absolute atomic E-state index is 0.0350. The number of hydrogen-bond acceptors (Lipinski definition) is 6. The van der Waals surface area contributed by atoms with E-state index in [0.717, 1.165) is 48.3 Å². The molecule has 0 aliphatic carbocycles. The molecule has 1 aliphatic rings. The third kappa shape index (κ3) is 4.37. The zero-order valence-corrected chi connectivity index (χ0v) is 17.1. The smallest absolute Gasteiger partial charge is 0.257 e. The number of hydrogen-bond donors (Lipinski definition) is 2. The summed E-state index contributed by atoms with van der Waals surface area (Å²) >= 11 is 1.40. The van der Waals surface area contributed by atoms with E-state index in [9.17, 15) is 9.59 Å². The lowest BCUT2D eigenvalue weighted by atomic mass is 10.2. The average molecular weight is 410 g/mol. The second kappa shape index (κ2) is 8.57. The van der Waals surface area contributed by atoms with Crippen molar-refractivity contribution in [3.05, 3.63) is 42.2 Å². The van der Waals surface area contributed by atoms with Crippen LogP contribution in [0.25, 0.3) is 10.2 Å². The summed E-state index contributed by atoms with van der Waals surface area (Å²) in [4.78, 5) is 35.5. The Balaban J connectivity index is 1.52. The number of rotatable bonds is 6. The Morgan fingerprint density at radius 2 is 2.00 bits per heavy atom. The number of carbonyl (C=O) groups is 2. The fourth-order valence-electron chi connectivity index (χ4n) is 3.45. The number of aromatic nitrogens is 2. The maximum absolute atomic E-state index is 12.9. The Hall–Kier alpha value is -3.00. The third-order valence-electron chi connectivity index (χ3n) is 4.86. The molecular weight excluding hydrogens is 386 g/mol. The van der Waals surface area contributed by atoms with Gasteiger partial charge in [0, 0.05) is 31.4 Å². The van der Waals surface area contributed by atoms with Gasteiger partial charge < -0.3 is 15.5 Å². The molecule has 29 heavy (non-hydrogen) atoms. The summed E-state index contributed by atoms with van der Waals surface area (Å²) in [6, 6.07) is 7.33. The Labute approximate surface area is 173 Å². The molecule has 7 nitrogen and oxygen atoms in total. The number of benzene rings is 1. The predicted octanol–water partition coefficient (Wildman–Crippen LogP) is 4.28. The molecule has 3 aromatic rings. The highest BCUT2D eigenvalue weighted by molar-refractivity contribution is 7.22. The molecule has 3 heterocycles. The Morgan fingerprint density at radius 1 is 1.17 bits per heavy atom. The van der Waals surface area contributed by atoms with E-state index in [4.69, 9.17) is 0 Å². The highest BCUT2D eigenvalue weighted by Crippen LogP contribution is 2.29. The van der Waals surface area contributed by atoms with Gasteiger partial charge in [0.1, 0.15) is 0 Å². The van der Waals surface area contributed by atoms with Crippen LogP contribution in [0.1, 0.15) is 43.0 Å². The van der Waals surface area contributed by atoms with E-state index in [-0.39, 0.29) is 11.8 Å². The number of amides is 2. The minimum atomic E-state index is -0.158. The first-order chi connectivity index (χ1) is 14.1. The van der Waals surface area contributed by atoms with Crippen LogP contribution in [0.2, 0.25) is 0 Å². The molecule has 0 unspecified atom stereocenters. The molecule has 1 saturated heterocycles. The number of thiazole rings is 1. The summed E-state index contributed by atoms with van der Waals surface area (Å²) in [5.74, 6) is -0.193. The molecule has 0 spiro atoms. The molecule has 1 fully saturated rings. The van der Waals surface area contributed by atoms with Gasteiger partial charge in [-0.1, -0.05) is 18.3 Å². The van der Waals surface area contributed by atoms with Crippen LogP contribution in [0.5, 0.6) is 0 Å². The van der Waals surface area contributed by atoms with Crippen molar-refractivity contribution >= 4 is 49.9 Å². The Kier molecular flexibility index (Phi) is 5.71. The molecule has 2 aromatic heterocycles. The summed E-state index contributed by atoms with van der Waals surface area (Å²) in [5.41, 5.74) is 2.99. The number of fused-ring (bicyclic) bond motifs is 1. The van der Waals surface area contributed by atoms with Crippen molar-refractivity contribution in [3.63, 3.8) is 0 Å². The Bertz CT molecular complexity index is 1040. The van der Waals surface area contributed by atoms with Gasteiger partial charge in [-0.25, -0.2) is 4.98 Å². The maximum Gasteiger partial charge on any atom is 0.257 e. The molecule has 0 atom stereocenters. The fraction of sp³-hybridized carbons (Fsp3) is 0.333. The standard InChI is InChI=1S/C21H23N5O2S/c1-2-5-19(27)25-21-24-16-7-6-14(12-18(16)29-21)23-20(28)15-8-9-22-13-17(15)26-10-3-4-11-26/h6-9,12-13H,2-5,10-11H2,1H3,(H,23,28)(H,24,25,27). The topological polar surface area (TPSA) is 87.2 Å². The third-order valence-corrected chi connectivity index (χ3v) is 5.79. The zero-order valence-electron chi connectivity index (χ0n) is 16.3. The van der Waals surface area contributed by atoms with Gasteiger partial charge in [-0.3, -0.25) is 14.6 Å². The van der Waals surface area contributed by atoms with Crippen LogP contribution in [0, 0.1) is 0 Å². The van der Waals surface area contributed by atoms with Gasteiger partial charge in [-0.05, 0) is 43.5 Å². The van der Waals surface area contributed by atoms with Crippen LogP contribution in [-0.2, 0) is 4.79 Å². The largest absolute Gasteiger partial charge is 0.370 e. The van der Waals surface area contributed by atoms with Gasteiger partial charge in [0.15, 0.2) is 5.13 Å². The van der Waals surface area contributed by atoms with Crippen LogP contribution in [-0.4, -0.2) is 34.9 Å². The normalized spacial score (nSPS) is 13.6. The lowest BCUT2D eigenvalue weighted by Gasteiger charge is -2.20. The molecule has 0 bridgehead atoms. The van der Waals surface area contributed by atoms with Gasteiger partial charge in [0.2, 0.25) is 5.91 Å². The lowest BCUT2D eigenvalue weighted by molar-refractivity contribution is -0.116. The molecule has 8 heteroatoms. The van der Waals surface area contributed by atoms with Crippen molar-refractivity contribution in [1.29, 1.82) is 0 Å². The van der Waals surface area contributed by atoms with E-state index >= 15 is 0 Å².